The number of ether oxygens (including phenoxy) is 2. The second-order valence-corrected chi connectivity index (χ2v) is 11.7. The van der Waals surface area contributed by atoms with Crippen LogP contribution in [0.4, 0.5) is 0 Å². The van der Waals surface area contributed by atoms with Gasteiger partial charge in [0.25, 0.3) is 0 Å². The zero-order valence-corrected chi connectivity index (χ0v) is 16.6. The van der Waals surface area contributed by atoms with Crippen LogP contribution in [-0.4, -0.2) is 38.9 Å². The molecule has 0 spiro atoms. The van der Waals surface area contributed by atoms with E-state index in [0.29, 0.717) is 30.0 Å². The van der Waals surface area contributed by atoms with E-state index in [1.807, 2.05) is 0 Å². The molecule has 0 aromatic heterocycles. The third kappa shape index (κ3) is 1.52. The molecule has 0 radical (unpaired) electrons. The molecule has 0 bridgehead atoms. The van der Waals surface area contributed by atoms with Crippen LogP contribution >= 0.6 is 27.5 Å². The Morgan fingerprint density at radius 1 is 1.08 bits per heavy atom. The van der Waals surface area contributed by atoms with E-state index in [1.165, 1.54) is 12.8 Å². The number of rotatable bonds is 0. The highest BCUT2D eigenvalue weighted by atomic mass is 79.9. The molecule has 1 N–H and O–H groups in total. The zero-order chi connectivity index (χ0) is 16.7. The molecule has 11 atom stereocenters. The van der Waals surface area contributed by atoms with E-state index in [4.69, 9.17) is 21.1 Å². The van der Waals surface area contributed by atoms with Crippen molar-refractivity contribution in [2.45, 2.75) is 86.2 Å². The summed E-state index contributed by atoms with van der Waals surface area (Å²) in [6.07, 6.45) is 7.21. The third-order valence-corrected chi connectivity index (χ3v) is 11.5. The highest BCUT2D eigenvalue weighted by molar-refractivity contribution is 9.10. The van der Waals surface area contributed by atoms with Crippen molar-refractivity contribution in [3.05, 3.63) is 0 Å². The van der Waals surface area contributed by atoms with Crippen LogP contribution < -0.4 is 0 Å². The Kier molecular flexibility index (Phi) is 2.75. The average Bonchev–Trinajstić information content (AvgIpc) is 3.38. The Labute approximate surface area is 156 Å². The fourth-order valence-electron chi connectivity index (χ4n) is 7.76. The minimum Gasteiger partial charge on any atom is -0.388 e. The van der Waals surface area contributed by atoms with Gasteiger partial charge in [0.05, 0.1) is 29.3 Å². The van der Waals surface area contributed by atoms with E-state index < -0.39 is 5.60 Å². The SMILES string of the molecule is C[C@]12CC[C@H]3[C@@H](C[C@@H](Cl)[C@@]4(O)C[C@@H]5O[C@@H]5C[C@]34C)[C@@H]1C[C@H]1O[C@]12Br. The van der Waals surface area contributed by atoms with Gasteiger partial charge in [-0.05, 0) is 49.9 Å². The number of fused-ring (bicyclic) bond motifs is 8. The van der Waals surface area contributed by atoms with Gasteiger partial charge in [0.2, 0.25) is 0 Å². The van der Waals surface area contributed by atoms with Crippen LogP contribution in [0.2, 0.25) is 0 Å². The summed E-state index contributed by atoms with van der Waals surface area (Å²) in [5.41, 5.74) is -0.645. The van der Waals surface area contributed by atoms with Crippen molar-refractivity contribution in [3.8, 4) is 0 Å². The number of alkyl halides is 2. The van der Waals surface area contributed by atoms with Gasteiger partial charge >= 0.3 is 0 Å². The van der Waals surface area contributed by atoms with E-state index in [0.717, 1.165) is 25.7 Å². The minimum absolute atomic E-state index is 0.0800. The van der Waals surface area contributed by atoms with Crippen LogP contribution in [0.25, 0.3) is 0 Å². The lowest BCUT2D eigenvalue weighted by atomic mass is 9.43. The maximum atomic E-state index is 11.6. The largest absolute Gasteiger partial charge is 0.388 e. The lowest BCUT2D eigenvalue weighted by Gasteiger charge is -2.64. The van der Waals surface area contributed by atoms with E-state index in [9.17, 15) is 5.11 Å². The lowest BCUT2D eigenvalue weighted by molar-refractivity contribution is -0.199. The molecule has 0 aromatic rings. The molecule has 6 aliphatic rings. The molecule has 3 nitrogen and oxygen atoms in total. The summed E-state index contributed by atoms with van der Waals surface area (Å²) in [5, 5.41) is 11.5. The first-order valence-electron chi connectivity index (χ1n) is 9.62. The Balaban J connectivity index is 1.41. The van der Waals surface area contributed by atoms with E-state index in [1.54, 1.807) is 0 Å². The highest BCUT2D eigenvalue weighted by Gasteiger charge is 2.78. The lowest BCUT2D eigenvalue weighted by Crippen LogP contribution is -2.67. The van der Waals surface area contributed by atoms with Gasteiger partial charge in [-0.25, -0.2) is 0 Å². The summed E-state index contributed by atoms with van der Waals surface area (Å²) >= 11 is 10.8. The molecular formula is C19H26BrClO3. The number of epoxide rings is 2. The molecule has 0 unspecified atom stereocenters. The monoisotopic (exact) mass is 416 g/mol. The first kappa shape index (κ1) is 15.7. The van der Waals surface area contributed by atoms with Crippen molar-refractivity contribution in [2.75, 3.05) is 0 Å². The molecule has 2 heterocycles. The summed E-state index contributed by atoms with van der Waals surface area (Å²) in [6, 6.07) is 0. The molecule has 6 fully saturated rings. The molecule has 5 heteroatoms. The van der Waals surface area contributed by atoms with Crippen molar-refractivity contribution in [3.63, 3.8) is 0 Å². The van der Waals surface area contributed by atoms with Gasteiger partial charge in [-0.1, -0.05) is 29.8 Å². The minimum atomic E-state index is -0.759. The summed E-state index contributed by atoms with van der Waals surface area (Å²) in [4.78, 5) is 0. The van der Waals surface area contributed by atoms with Gasteiger partial charge in [0.15, 0.2) is 4.51 Å². The normalized spacial score (nSPS) is 72.1. The quantitative estimate of drug-likeness (QED) is 0.481. The van der Waals surface area contributed by atoms with Gasteiger partial charge in [-0.2, -0.15) is 0 Å². The number of aliphatic hydroxyl groups is 1. The standard InChI is InChI=1S/C19H26BrClO3/c1-16-4-3-10-9(11(16)6-15-19(16,20)24-15)5-14(21)18(22)8-13-12(23-13)7-17(10,18)2/h9-15,22H,3-8H2,1-2H3/t9-,10+,11+,12-,13+,14-,15-,16+,17-,18+,19-/m1/s1. The number of hydrogen-bond acceptors (Lipinski definition) is 3. The molecule has 0 aromatic carbocycles. The topological polar surface area (TPSA) is 45.3 Å². The second-order valence-electron chi connectivity index (χ2n) is 9.99. The zero-order valence-electron chi connectivity index (χ0n) is 14.3. The van der Waals surface area contributed by atoms with E-state index in [-0.39, 0.29) is 26.8 Å². The molecule has 6 rings (SSSR count). The second kappa shape index (κ2) is 4.22. The Morgan fingerprint density at radius 3 is 2.62 bits per heavy atom. The first-order valence-corrected chi connectivity index (χ1v) is 10.8. The van der Waals surface area contributed by atoms with Crippen molar-refractivity contribution >= 4 is 27.5 Å². The fraction of sp³-hybridized carbons (Fsp3) is 1.00. The summed E-state index contributed by atoms with van der Waals surface area (Å²) < 4.78 is 11.8. The van der Waals surface area contributed by atoms with Crippen molar-refractivity contribution in [1.82, 2.24) is 0 Å². The van der Waals surface area contributed by atoms with Gasteiger partial charge in [-0.15, -0.1) is 11.6 Å². The van der Waals surface area contributed by atoms with Crippen molar-refractivity contribution in [2.24, 2.45) is 28.6 Å². The Morgan fingerprint density at radius 2 is 1.83 bits per heavy atom. The Hall–Kier alpha value is 0.650. The molecule has 4 saturated carbocycles. The molecular weight excluding hydrogens is 392 g/mol. The fourth-order valence-corrected chi connectivity index (χ4v) is 9.20. The van der Waals surface area contributed by atoms with Gasteiger partial charge in [0.1, 0.15) is 0 Å². The van der Waals surface area contributed by atoms with Crippen LogP contribution in [-0.2, 0) is 9.47 Å². The maximum Gasteiger partial charge on any atom is 0.154 e. The van der Waals surface area contributed by atoms with Crippen LogP contribution in [0, 0.1) is 28.6 Å². The van der Waals surface area contributed by atoms with E-state index in [2.05, 4.69) is 29.8 Å². The summed E-state index contributed by atoms with van der Waals surface area (Å²) in [6.45, 7) is 4.73. The van der Waals surface area contributed by atoms with Crippen LogP contribution in [0.3, 0.4) is 0 Å². The van der Waals surface area contributed by atoms with E-state index >= 15 is 0 Å². The predicted octanol–water partition coefficient (Wildman–Crippen LogP) is 3.84. The van der Waals surface area contributed by atoms with Gasteiger partial charge in [0, 0.05) is 17.3 Å². The molecule has 24 heavy (non-hydrogen) atoms. The molecule has 2 saturated heterocycles. The van der Waals surface area contributed by atoms with Gasteiger partial charge < -0.3 is 14.6 Å². The Bertz CT molecular complexity index is 632. The predicted molar refractivity (Wildman–Crippen MR) is 94.2 cm³/mol. The van der Waals surface area contributed by atoms with Crippen molar-refractivity contribution in [1.29, 1.82) is 0 Å². The van der Waals surface area contributed by atoms with Gasteiger partial charge in [-0.3, -0.25) is 0 Å². The molecule has 134 valence electrons. The van der Waals surface area contributed by atoms with Crippen LogP contribution in [0.1, 0.15) is 52.4 Å². The molecule has 4 aliphatic carbocycles. The number of hydrogen-bond donors (Lipinski definition) is 1. The average molecular weight is 418 g/mol. The van der Waals surface area contributed by atoms with Crippen molar-refractivity contribution < 1.29 is 14.6 Å². The first-order chi connectivity index (χ1) is 11.2. The third-order valence-electron chi connectivity index (χ3n) is 9.37. The van der Waals surface area contributed by atoms with Crippen LogP contribution in [0.5, 0.6) is 0 Å². The number of halogens is 2. The molecule has 0 amide bonds. The molecule has 2 aliphatic heterocycles. The highest BCUT2D eigenvalue weighted by Crippen LogP contribution is 2.76. The smallest absolute Gasteiger partial charge is 0.154 e. The maximum absolute atomic E-state index is 11.6. The summed E-state index contributed by atoms with van der Waals surface area (Å²) in [5.74, 6) is 1.84. The van der Waals surface area contributed by atoms with Crippen LogP contribution in [0.15, 0.2) is 0 Å². The summed E-state index contributed by atoms with van der Waals surface area (Å²) in [7, 11) is 0.